The quantitative estimate of drug-likeness (QED) is 0.719. The molecule has 1 fully saturated rings. The van der Waals surface area contributed by atoms with Crippen molar-refractivity contribution in [2.45, 2.75) is 26.0 Å². The second kappa shape index (κ2) is 6.20. The van der Waals surface area contributed by atoms with Crippen molar-refractivity contribution in [2.24, 2.45) is 7.05 Å². The first-order valence-electron chi connectivity index (χ1n) is 8.21. The van der Waals surface area contributed by atoms with Gasteiger partial charge in [0.15, 0.2) is 5.65 Å². The fraction of sp³-hybridized carbons (Fsp3) is 0.500. The van der Waals surface area contributed by atoms with Gasteiger partial charge in [-0.05, 0) is 19.4 Å². The van der Waals surface area contributed by atoms with Crippen LogP contribution in [0, 0.1) is 6.92 Å². The standard InChI is InChI=1S/C16H21N7O/c1-12-19-15-14(9-18-21(15)2)16(20-12)22-6-4-8-24-13(10-22)11-23-7-3-5-17-23/h3,5,7,9,13H,4,6,8,10-11H2,1-2H3/t13-/m1/s1. The van der Waals surface area contributed by atoms with Gasteiger partial charge in [-0.15, -0.1) is 0 Å². The number of aromatic nitrogens is 6. The number of rotatable bonds is 3. The number of anilines is 1. The molecular weight excluding hydrogens is 306 g/mol. The van der Waals surface area contributed by atoms with Gasteiger partial charge in [0.25, 0.3) is 0 Å². The highest BCUT2D eigenvalue weighted by molar-refractivity contribution is 5.87. The van der Waals surface area contributed by atoms with Crippen LogP contribution in [0.1, 0.15) is 12.2 Å². The average molecular weight is 327 g/mol. The van der Waals surface area contributed by atoms with Crippen molar-refractivity contribution in [3.63, 3.8) is 0 Å². The third-order valence-corrected chi connectivity index (χ3v) is 4.28. The largest absolute Gasteiger partial charge is 0.374 e. The van der Waals surface area contributed by atoms with Crippen LogP contribution < -0.4 is 4.90 Å². The third kappa shape index (κ3) is 2.84. The van der Waals surface area contributed by atoms with Crippen LogP contribution in [0.25, 0.3) is 11.0 Å². The van der Waals surface area contributed by atoms with Crippen LogP contribution in [-0.2, 0) is 18.3 Å². The summed E-state index contributed by atoms with van der Waals surface area (Å²) in [5.74, 6) is 1.71. The lowest BCUT2D eigenvalue weighted by molar-refractivity contribution is 0.0543. The second-order valence-electron chi connectivity index (χ2n) is 6.12. The van der Waals surface area contributed by atoms with Crippen molar-refractivity contribution in [2.75, 3.05) is 24.6 Å². The number of aryl methyl sites for hydroxylation is 2. The van der Waals surface area contributed by atoms with Crippen molar-refractivity contribution < 1.29 is 4.74 Å². The van der Waals surface area contributed by atoms with E-state index in [9.17, 15) is 0 Å². The third-order valence-electron chi connectivity index (χ3n) is 4.28. The zero-order chi connectivity index (χ0) is 16.5. The number of hydrogen-bond acceptors (Lipinski definition) is 6. The van der Waals surface area contributed by atoms with Crippen molar-refractivity contribution in [3.8, 4) is 0 Å². The SMILES string of the molecule is Cc1nc(N2CCCO[C@@H](Cn3cccn3)C2)c2cnn(C)c2n1. The summed E-state index contributed by atoms with van der Waals surface area (Å²) in [7, 11) is 1.91. The molecule has 8 heteroatoms. The molecule has 1 aliphatic rings. The normalized spacial score (nSPS) is 18.9. The number of hydrogen-bond donors (Lipinski definition) is 0. The summed E-state index contributed by atoms with van der Waals surface area (Å²) < 4.78 is 9.72. The molecule has 126 valence electrons. The first kappa shape index (κ1) is 15.1. The number of fused-ring (bicyclic) bond motifs is 1. The van der Waals surface area contributed by atoms with E-state index in [-0.39, 0.29) is 6.10 Å². The zero-order valence-electron chi connectivity index (χ0n) is 14.0. The van der Waals surface area contributed by atoms with E-state index in [1.54, 1.807) is 10.9 Å². The van der Waals surface area contributed by atoms with E-state index in [2.05, 4.69) is 20.1 Å². The molecule has 3 aromatic heterocycles. The topological polar surface area (TPSA) is 73.9 Å². The average Bonchev–Trinajstić information content (AvgIpc) is 3.13. The Kier molecular flexibility index (Phi) is 3.89. The summed E-state index contributed by atoms with van der Waals surface area (Å²) in [5, 5.41) is 9.61. The lowest BCUT2D eigenvalue weighted by atomic mass is 10.2. The Morgan fingerprint density at radius 2 is 2.21 bits per heavy atom. The molecule has 4 heterocycles. The van der Waals surface area contributed by atoms with Gasteiger partial charge in [0.05, 0.1) is 24.2 Å². The smallest absolute Gasteiger partial charge is 0.163 e. The predicted molar refractivity (Wildman–Crippen MR) is 89.8 cm³/mol. The molecule has 0 unspecified atom stereocenters. The Labute approximate surface area is 140 Å². The van der Waals surface area contributed by atoms with E-state index in [4.69, 9.17) is 9.72 Å². The highest BCUT2D eigenvalue weighted by atomic mass is 16.5. The minimum atomic E-state index is 0.0781. The van der Waals surface area contributed by atoms with Crippen molar-refractivity contribution in [1.29, 1.82) is 0 Å². The highest BCUT2D eigenvalue weighted by Gasteiger charge is 2.23. The Bertz CT molecular complexity index is 826. The summed E-state index contributed by atoms with van der Waals surface area (Å²) in [4.78, 5) is 11.5. The molecule has 0 aromatic carbocycles. The van der Waals surface area contributed by atoms with E-state index in [1.807, 2.05) is 37.1 Å². The lowest BCUT2D eigenvalue weighted by Crippen LogP contribution is -2.35. The summed E-state index contributed by atoms with van der Waals surface area (Å²) in [6.07, 6.45) is 6.65. The first-order chi connectivity index (χ1) is 11.7. The molecule has 0 radical (unpaired) electrons. The van der Waals surface area contributed by atoms with Gasteiger partial charge in [-0.25, -0.2) is 9.97 Å². The van der Waals surface area contributed by atoms with Crippen LogP contribution in [0.5, 0.6) is 0 Å². The Balaban J connectivity index is 1.65. The molecule has 3 aromatic rings. The molecule has 0 bridgehead atoms. The zero-order valence-corrected chi connectivity index (χ0v) is 14.0. The van der Waals surface area contributed by atoms with Crippen molar-refractivity contribution >= 4 is 16.9 Å². The predicted octanol–water partition coefficient (Wildman–Crippen LogP) is 1.16. The Morgan fingerprint density at radius 3 is 3.04 bits per heavy atom. The van der Waals surface area contributed by atoms with Crippen LogP contribution >= 0.6 is 0 Å². The molecule has 24 heavy (non-hydrogen) atoms. The summed E-state index contributed by atoms with van der Waals surface area (Å²) in [6, 6.07) is 1.93. The molecule has 0 amide bonds. The van der Waals surface area contributed by atoms with Crippen LogP contribution in [0.3, 0.4) is 0 Å². The van der Waals surface area contributed by atoms with E-state index >= 15 is 0 Å². The molecule has 0 aliphatic carbocycles. The minimum Gasteiger partial charge on any atom is -0.374 e. The lowest BCUT2D eigenvalue weighted by Gasteiger charge is -2.25. The van der Waals surface area contributed by atoms with Crippen LogP contribution in [0.4, 0.5) is 5.82 Å². The molecule has 0 spiro atoms. The van der Waals surface area contributed by atoms with Crippen molar-refractivity contribution in [1.82, 2.24) is 29.5 Å². The van der Waals surface area contributed by atoms with E-state index in [0.29, 0.717) is 0 Å². The Morgan fingerprint density at radius 1 is 1.29 bits per heavy atom. The van der Waals surface area contributed by atoms with Crippen LogP contribution in [-0.4, -0.2) is 55.3 Å². The monoisotopic (exact) mass is 327 g/mol. The second-order valence-corrected chi connectivity index (χ2v) is 6.12. The first-order valence-corrected chi connectivity index (χ1v) is 8.21. The van der Waals surface area contributed by atoms with Gasteiger partial charge in [0, 0.05) is 39.1 Å². The van der Waals surface area contributed by atoms with E-state index < -0.39 is 0 Å². The van der Waals surface area contributed by atoms with Crippen molar-refractivity contribution in [3.05, 3.63) is 30.5 Å². The fourth-order valence-corrected chi connectivity index (χ4v) is 3.17. The van der Waals surface area contributed by atoms with Gasteiger partial charge >= 0.3 is 0 Å². The number of nitrogens with zero attached hydrogens (tertiary/aromatic N) is 7. The molecular formula is C16H21N7O. The van der Waals surface area contributed by atoms with Crippen LogP contribution in [0.2, 0.25) is 0 Å². The molecule has 1 saturated heterocycles. The molecule has 1 aliphatic heterocycles. The molecule has 0 N–H and O–H groups in total. The Hall–Kier alpha value is -2.48. The maximum atomic E-state index is 6.01. The highest BCUT2D eigenvalue weighted by Crippen LogP contribution is 2.25. The summed E-state index contributed by atoms with van der Waals surface area (Å²) in [6.45, 7) is 5.11. The van der Waals surface area contributed by atoms with Gasteiger partial charge in [-0.2, -0.15) is 10.2 Å². The maximum absolute atomic E-state index is 6.01. The molecule has 0 saturated carbocycles. The summed E-state index contributed by atoms with van der Waals surface area (Å²) in [5.41, 5.74) is 0.867. The molecule has 4 rings (SSSR count). The fourth-order valence-electron chi connectivity index (χ4n) is 3.17. The van der Waals surface area contributed by atoms with Gasteiger partial charge in [0.1, 0.15) is 11.6 Å². The minimum absolute atomic E-state index is 0.0781. The van der Waals surface area contributed by atoms with Gasteiger partial charge in [-0.3, -0.25) is 9.36 Å². The van der Waals surface area contributed by atoms with Gasteiger partial charge in [-0.1, -0.05) is 0 Å². The van der Waals surface area contributed by atoms with Crippen LogP contribution in [0.15, 0.2) is 24.7 Å². The van der Waals surface area contributed by atoms with E-state index in [0.717, 1.165) is 55.3 Å². The molecule has 1 atom stereocenters. The molecule has 8 nitrogen and oxygen atoms in total. The number of ether oxygens (including phenoxy) is 1. The van der Waals surface area contributed by atoms with Gasteiger partial charge in [0.2, 0.25) is 0 Å². The summed E-state index contributed by atoms with van der Waals surface area (Å²) >= 11 is 0. The van der Waals surface area contributed by atoms with E-state index in [1.165, 1.54) is 0 Å². The maximum Gasteiger partial charge on any atom is 0.163 e. The van der Waals surface area contributed by atoms with Gasteiger partial charge < -0.3 is 9.64 Å².